The molecule has 17 heavy (non-hydrogen) atoms. The van der Waals surface area contributed by atoms with Crippen molar-refractivity contribution in [2.24, 2.45) is 5.73 Å². The molecule has 0 aliphatic heterocycles. The molecule has 0 aliphatic carbocycles. The number of rotatable bonds is 3. The van der Waals surface area contributed by atoms with Gasteiger partial charge < -0.3 is 11.1 Å². The van der Waals surface area contributed by atoms with E-state index in [4.69, 9.17) is 11.0 Å². The molecule has 0 amide bonds. The predicted molar refractivity (Wildman–Crippen MR) is 68.6 cm³/mol. The first-order chi connectivity index (χ1) is 8.26. The lowest BCUT2D eigenvalue weighted by molar-refractivity contribution is 0.804. The predicted octanol–water partition coefficient (Wildman–Crippen LogP) is 1.87. The van der Waals surface area contributed by atoms with Crippen molar-refractivity contribution in [3.63, 3.8) is 0 Å². The van der Waals surface area contributed by atoms with Crippen molar-refractivity contribution in [1.29, 1.82) is 5.26 Å². The fourth-order valence-corrected chi connectivity index (χ4v) is 1.69. The number of hydrogen-bond donors (Lipinski definition) is 2. The molecule has 86 valence electrons. The van der Waals surface area contributed by atoms with E-state index >= 15 is 0 Å². The Bertz CT molecular complexity index is 571. The van der Waals surface area contributed by atoms with Gasteiger partial charge in [-0.1, -0.05) is 18.2 Å². The average molecular weight is 226 g/mol. The van der Waals surface area contributed by atoms with Gasteiger partial charge in [-0.15, -0.1) is 0 Å². The second-order valence-electron chi connectivity index (χ2n) is 3.96. The number of fused-ring (bicyclic) bond motifs is 1. The summed E-state index contributed by atoms with van der Waals surface area (Å²) in [6.45, 7) is 2.50. The minimum Gasteiger partial charge on any atom is -0.380 e. The maximum absolute atomic E-state index is 9.10. The summed E-state index contributed by atoms with van der Waals surface area (Å²) in [6, 6.07) is 10.0. The quantitative estimate of drug-likeness (QED) is 0.837. The van der Waals surface area contributed by atoms with Gasteiger partial charge >= 0.3 is 0 Å². The standard InChI is InChI=1S/C13H14N4/c1-9(6-14)17-13-10(7-15)8-16-12-5-3-2-4-11(12)13/h2-5,8-9H,6,14H2,1H3,(H,16,17). The lowest BCUT2D eigenvalue weighted by atomic mass is 10.1. The summed E-state index contributed by atoms with van der Waals surface area (Å²) < 4.78 is 0. The largest absolute Gasteiger partial charge is 0.380 e. The van der Waals surface area contributed by atoms with Gasteiger partial charge in [0.15, 0.2) is 0 Å². The topological polar surface area (TPSA) is 74.7 Å². The van der Waals surface area contributed by atoms with Crippen molar-refractivity contribution in [3.05, 3.63) is 36.0 Å². The van der Waals surface area contributed by atoms with Gasteiger partial charge in [-0.3, -0.25) is 4.98 Å². The smallest absolute Gasteiger partial charge is 0.103 e. The van der Waals surface area contributed by atoms with Gasteiger partial charge in [0.05, 0.1) is 16.8 Å². The van der Waals surface area contributed by atoms with Crippen LogP contribution < -0.4 is 11.1 Å². The molecule has 1 unspecified atom stereocenters. The van der Waals surface area contributed by atoms with Crippen molar-refractivity contribution >= 4 is 16.6 Å². The van der Waals surface area contributed by atoms with Crippen molar-refractivity contribution < 1.29 is 0 Å². The van der Waals surface area contributed by atoms with Crippen LogP contribution in [0.25, 0.3) is 10.9 Å². The van der Waals surface area contributed by atoms with Gasteiger partial charge in [-0.05, 0) is 13.0 Å². The minimum atomic E-state index is 0.118. The van der Waals surface area contributed by atoms with Gasteiger partial charge in [-0.25, -0.2) is 0 Å². The number of nitrogens with zero attached hydrogens (tertiary/aromatic N) is 2. The molecule has 0 saturated heterocycles. The first-order valence-electron chi connectivity index (χ1n) is 5.50. The first-order valence-corrected chi connectivity index (χ1v) is 5.50. The summed E-state index contributed by atoms with van der Waals surface area (Å²) >= 11 is 0. The molecular formula is C13H14N4. The molecule has 0 aliphatic rings. The Morgan fingerprint density at radius 1 is 1.47 bits per heavy atom. The van der Waals surface area contributed by atoms with Crippen molar-refractivity contribution in [2.45, 2.75) is 13.0 Å². The molecule has 4 heteroatoms. The van der Waals surface area contributed by atoms with Crippen LogP contribution in [0.3, 0.4) is 0 Å². The lowest BCUT2D eigenvalue weighted by Gasteiger charge is -2.15. The SMILES string of the molecule is CC(CN)Nc1c(C#N)cnc2ccccc12. The Labute approximate surface area is 100 Å². The van der Waals surface area contributed by atoms with E-state index in [-0.39, 0.29) is 6.04 Å². The van der Waals surface area contributed by atoms with Crippen LogP contribution >= 0.6 is 0 Å². The summed E-state index contributed by atoms with van der Waals surface area (Å²) in [4.78, 5) is 4.25. The Kier molecular flexibility index (Phi) is 3.22. The summed E-state index contributed by atoms with van der Waals surface area (Å²) in [5.74, 6) is 0. The molecular weight excluding hydrogens is 212 g/mol. The van der Waals surface area contributed by atoms with Crippen molar-refractivity contribution in [2.75, 3.05) is 11.9 Å². The average Bonchev–Trinajstić information content (AvgIpc) is 2.39. The molecule has 0 saturated carbocycles. The van der Waals surface area contributed by atoms with Crippen LogP contribution in [0.2, 0.25) is 0 Å². The molecule has 1 heterocycles. The van der Waals surface area contributed by atoms with Gasteiger partial charge in [0.25, 0.3) is 0 Å². The summed E-state index contributed by atoms with van der Waals surface area (Å²) in [6.07, 6.45) is 1.59. The Morgan fingerprint density at radius 2 is 2.24 bits per heavy atom. The third kappa shape index (κ3) is 2.19. The number of para-hydroxylation sites is 1. The van der Waals surface area contributed by atoms with Crippen molar-refractivity contribution in [3.8, 4) is 6.07 Å². The zero-order valence-electron chi connectivity index (χ0n) is 9.64. The Balaban J connectivity index is 2.60. The molecule has 3 N–H and O–H groups in total. The fraction of sp³-hybridized carbons (Fsp3) is 0.231. The molecule has 0 fully saturated rings. The maximum atomic E-state index is 9.10. The summed E-state index contributed by atoms with van der Waals surface area (Å²) in [7, 11) is 0. The summed E-state index contributed by atoms with van der Waals surface area (Å²) in [5.41, 5.74) is 7.83. The van der Waals surface area contributed by atoms with E-state index in [0.717, 1.165) is 16.6 Å². The Morgan fingerprint density at radius 3 is 2.94 bits per heavy atom. The highest BCUT2D eigenvalue weighted by molar-refractivity contribution is 5.93. The number of pyridine rings is 1. The third-order valence-corrected chi connectivity index (χ3v) is 2.64. The van der Waals surface area contributed by atoms with E-state index in [1.165, 1.54) is 0 Å². The lowest BCUT2D eigenvalue weighted by Crippen LogP contribution is -2.25. The van der Waals surface area contributed by atoms with Crippen LogP contribution in [0.5, 0.6) is 0 Å². The number of anilines is 1. The third-order valence-electron chi connectivity index (χ3n) is 2.64. The van der Waals surface area contributed by atoms with E-state index in [0.29, 0.717) is 12.1 Å². The van der Waals surface area contributed by atoms with Gasteiger partial charge in [0.2, 0.25) is 0 Å². The van der Waals surface area contributed by atoms with Crippen LogP contribution in [0, 0.1) is 11.3 Å². The fourth-order valence-electron chi connectivity index (χ4n) is 1.69. The highest BCUT2D eigenvalue weighted by atomic mass is 14.9. The number of benzene rings is 1. The van der Waals surface area contributed by atoms with Crippen LogP contribution in [0.1, 0.15) is 12.5 Å². The Hall–Kier alpha value is -2.12. The maximum Gasteiger partial charge on any atom is 0.103 e. The van der Waals surface area contributed by atoms with Crippen LogP contribution in [0.15, 0.2) is 30.5 Å². The highest BCUT2D eigenvalue weighted by Gasteiger charge is 2.10. The molecule has 0 radical (unpaired) electrons. The number of nitriles is 1. The first kappa shape index (κ1) is 11.4. The van der Waals surface area contributed by atoms with Gasteiger partial charge in [0.1, 0.15) is 6.07 Å². The monoisotopic (exact) mass is 226 g/mol. The van der Waals surface area contributed by atoms with E-state index in [1.807, 2.05) is 31.2 Å². The molecule has 2 rings (SSSR count). The van der Waals surface area contributed by atoms with E-state index < -0.39 is 0 Å². The normalized spacial score (nSPS) is 12.1. The van der Waals surface area contributed by atoms with Crippen LogP contribution in [-0.4, -0.2) is 17.6 Å². The molecule has 2 aromatic rings. The second kappa shape index (κ2) is 4.81. The van der Waals surface area contributed by atoms with Crippen LogP contribution in [0.4, 0.5) is 5.69 Å². The number of aromatic nitrogens is 1. The zero-order valence-corrected chi connectivity index (χ0v) is 9.64. The van der Waals surface area contributed by atoms with Gasteiger partial charge in [-0.2, -0.15) is 5.26 Å². The molecule has 1 atom stereocenters. The van der Waals surface area contributed by atoms with E-state index in [2.05, 4.69) is 16.4 Å². The van der Waals surface area contributed by atoms with E-state index in [1.54, 1.807) is 6.20 Å². The number of nitrogens with two attached hydrogens (primary N) is 1. The second-order valence-corrected chi connectivity index (χ2v) is 3.96. The van der Waals surface area contributed by atoms with Gasteiger partial charge in [0, 0.05) is 24.2 Å². The summed E-state index contributed by atoms with van der Waals surface area (Å²) in [5, 5.41) is 13.3. The van der Waals surface area contributed by atoms with E-state index in [9.17, 15) is 0 Å². The molecule has 0 bridgehead atoms. The highest BCUT2D eigenvalue weighted by Crippen LogP contribution is 2.25. The molecule has 1 aromatic heterocycles. The van der Waals surface area contributed by atoms with Crippen LogP contribution in [-0.2, 0) is 0 Å². The number of hydrogen-bond acceptors (Lipinski definition) is 4. The minimum absolute atomic E-state index is 0.118. The van der Waals surface area contributed by atoms with Crippen molar-refractivity contribution in [1.82, 2.24) is 4.98 Å². The number of nitrogens with one attached hydrogen (secondary N) is 1. The molecule has 1 aromatic carbocycles. The molecule has 4 nitrogen and oxygen atoms in total. The zero-order chi connectivity index (χ0) is 12.3. The molecule has 0 spiro atoms.